The van der Waals surface area contributed by atoms with E-state index in [9.17, 15) is 0 Å². The first kappa shape index (κ1) is 13.6. The number of rotatable bonds is 4. The quantitative estimate of drug-likeness (QED) is 0.878. The summed E-state index contributed by atoms with van der Waals surface area (Å²) in [4.78, 5) is 2.63. The Hall–Kier alpha value is -0.860. The third kappa shape index (κ3) is 2.93. The molecule has 2 nitrogen and oxygen atoms in total. The summed E-state index contributed by atoms with van der Waals surface area (Å²) < 4.78 is 0. The van der Waals surface area contributed by atoms with Gasteiger partial charge < -0.3 is 5.32 Å². The number of piperazine rings is 1. The maximum absolute atomic E-state index is 3.73. The third-order valence-corrected chi connectivity index (χ3v) is 4.14. The molecular weight excluding hydrogens is 220 g/mol. The molecule has 2 unspecified atom stereocenters. The van der Waals surface area contributed by atoms with Gasteiger partial charge in [-0.25, -0.2) is 0 Å². The minimum atomic E-state index is 0.0987. The lowest BCUT2D eigenvalue weighted by Crippen LogP contribution is -2.60. The summed E-state index contributed by atoms with van der Waals surface area (Å²) in [6.07, 6.45) is 2.58. The normalized spacial score (nSPS) is 29.4. The van der Waals surface area contributed by atoms with Crippen LogP contribution in [-0.2, 0) is 5.54 Å². The summed E-state index contributed by atoms with van der Waals surface area (Å²) in [5.74, 6) is 0. The Labute approximate surface area is 111 Å². The third-order valence-electron chi connectivity index (χ3n) is 4.14. The molecule has 1 aromatic carbocycles. The highest BCUT2D eigenvalue weighted by Crippen LogP contribution is 2.26. The molecule has 2 atom stereocenters. The molecule has 0 spiro atoms. The molecule has 1 saturated heterocycles. The number of hydrogen-bond acceptors (Lipinski definition) is 2. The predicted molar refractivity (Wildman–Crippen MR) is 77.7 cm³/mol. The van der Waals surface area contributed by atoms with E-state index in [0.29, 0.717) is 6.04 Å². The van der Waals surface area contributed by atoms with E-state index in [0.717, 1.165) is 13.1 Å². The molecular formula is C16H26N2. The van der Waals surface area contributed by atoms with Gasteiger partial charge in [0.05, 0.1) is 5.54 Å². The van der Waals surface area contributed by atoms with Crippen molar-refractivity contribution in [2.45, 2.75) is 45.2 Å². The molecule has 100 valence electrons. The highest BCUT2D eigenvalue weighted by Gasteiger charge is 2.34. The molecule has 0 aliphatic carbocycles. The van der Waals surface area contributed by atoms with Gasteiger partial charge in [-0.15, -0.1) is 0 Å². The van der Waals surface area contributed by atoms with Crippen LogP contribution in [0.3, 0.4) is 0 Å². The lowest BCUT2D eigenvalue weighted by atomic mass is 9.88. The molecule has 0 aromatic heterocycles. The van der Waals surface area contributed by atoms with Crippen molar-refractivity contribution < 1.29 is 0 Å². The van der Waals surface area contributed by atoms with E-state index in [2.05, 4.69) is 61.3 Å². The second-order valence-electron chi connectivity index (χ2n) is 5.75. The predicted octanol–water partition coefficient (Wildman–Crippen LogP) is 3.00. The fourth-order valence-corrected chi connectivity index (χ4v) is 2.78. The Bertz CT molecular complexity index is 363. The number of hydrogen-bond donors (Lipinski definition) is 1. The Morgan fingerprint density at radius 3 is 2.72 bits per heavy atom. The number of unbranched alkanes of at least 4 members (excludes halogenated alkanes) is 1. The van der Waals surface area contributed by atoms with Crippen molar-refractivity contribution in [3.63, 3.8) is 0 Å². The van der Waals surface area contributed by atoms with Gasteiger partial charge in [0.25, 0.3) is 0 Å². The van der Waals surface area contributed by atoms with Gasteiger partial charge in [-0.3, -0.25) is 4.90 Å². The van der Waals surface area contributed by atoms with E-state index in [1.165, 1.54) is 24.9 Å². The molecule has 1 fully saturated rings. The summed E-state index contributed by atoms with van der Waals surface area (Å²) in [5, 5.41) is 3.73. The molecule has 0 saturated carbocycles. The molecule has 2 heteroatoms. The Morgan fingerprint density at radius 2 is 2.06 bits per heavy atom. The van der Waals surface area contributed by atoms with Gasteiger partial charge in [-0.1, -0.05) is 43.7 Å². The van der Waals surface area contributed by atoms with Crippen molar-refractivity contribution >= 4 is 0 Å². The molecule has 0 radical (unpaired) electrons. The van der Waals surface area contributed by atoms with Crippen LogP contribution in [-0.4, -0.2) is 30.6 Å². The summed E-state index contributed by atoms with van der Waals surface area (Å²) in [5.41, 5.74) is 1.50. The Balaban J connectivity index is 2.10. The van der Waals surface area contributed by atoms with Crippen LogP contribution >= 0.6 is 0 Å². The minimum absolute atomic E-state index is 0.0987. The van der Waals surface area contributed by atoms with Crippen LogP contribution in [0, 0.1) is 0 Å². The zero-order valence-corrected chi connectivity index (χ0v) is 11.9. The Kier molecular flexibility index (Phi) is 4.41. The van der Waals surface area contributed by atoms with Gasteiger partial charge in [0, 0.05) is 19.1 Å². The molecule has 0 bridgehead atoms. The van der Waals surface area contributed by atoms with Gasteiger partial charge in [0.15, 0.2) is 0 Å². The SMILES string of the molecule is CCCCN1CC(C)(c2ccccc2)NCC1C. The monoisotopic (exact) mass is 246 g/mol. The van der Waals surface area contributed by atoms with Crippen LogP contribution in [0.2, 0.25) is 0 Å². The van der Waals surface area contributed by atoms with E-state index >= 15 is 0 Å². The first-order valence-corrected chi connectivity index (χ1v) is 7.20. The standard InChI is InChI=1S/C16H26N2/c1-4-5-11-18-13-16(3,17-12-14(18)2)15-9-7-6-8-10-15/h6-10,14,17H,4-5,11-13H2,1-3H3. The van der Waals surface area contributed by atoms with Crippen LogP contribution in [0.25, 0.3) is 0 Å². The first-order valence-electron chi connectivity index (χ1n) is 7.20. The highest BCUT2D eigenvalue weighted by atomic mass is 15.2. The van der Waals surface area contributed by atoms with Crippen LogP contribution in [0.1, 0.15) is 39.2 Å². The maximum atomic E-state index is 3.73. The summed E-state index contributed by atoms with van der Waals surface area (Å²) in [6, 6.07) is 11.5. The number of nitrogens with zero attached hydrogens (tertiary/aromatic N) is 1. The maximum Gasteiger partial charge on any atom is 0.0535 e. The van der Waals surface area contributed by atoms with Crippen LogP contribution in [0.5, 0.6) is 0 Å². The zero-order chi connectivity index (χ0) is 13.0. The first-order chi connectivity index (χ1) is 8.65. The van der Waals surface area contributed by atoms with Crippen molar-refractivity contribution in [2.24, 2.45) is 0 Å². The van der Waals surface area contributed by atoms with Crippen molar-refractivity contribution in [2.75, 3.05) is 19.6 Å². The van der Waals surface area contributed by atoms with Gasteiger partial charge in [-0.05, 0) is 32.4 Å². The molecule has 1 N–H and O–H groups in total. The van der Waals surface area contributed by atoms with Crippen molar-refractivity contribution in [3.8, 4) is 0 Å². The van der Waals surface area contributed by atoms with Crippen LogP contribution in [0.4, 0.5) is 0 Å². The van der Waals surface area contributed by atoms with Crippen LogP contribution < -0.4 is 5.32 Å². The van der Waals surface area contributed by atoms with E-state index < -0.39 is 0 Å². The van der Waals surface area contributed by atoms with E-state index in [-0.39, 0.29) is 5.54 Å². The number of nitrogens with one attached hydrogen (secondary N) is 1. The van der Waals surface area contributed by atoms with Crippen molar-refractivity contribution in [1.82, 2.24) is 10.2 Å². The lowest BCUT2D eigenvalue weighted by Gasteiger charge is -2.45. The number of benzene rings is 1. The summed E-state index contributed by atoms with van der Waals surface area (Å²) in [7, 11) is 0. The molecule has 0 amide bonds. The van der Waals surface area contributed by atoms with E-state index in [4.69, 9.17) is 0 Å². The van der Waals surface area contributed by atoms with Gasteiger partial charge in [0.2, 0.25) is 0 Å². The van der Waals surface area contributed by atoms with Gasteiger partial charge in [0.1, 0.15) is 0 Å². The molecule has 2 rings (SSSR count). The smallest absolute Gasteiger partial charge is 0.0535 e. The van der Waals surface area contributed by atoms with Crippen molar-refractivity contribution in [1.29, 1.82) is 0 Å². The fraction of sp³-hybridized carbons (Fsp3) is 0.625. The highest BCUT2D eigenvalue weighted by molar-refractivity contribution is 5.25. The molecule has 1 aromatic rings. The average molecular weight is 246 g/mol. The second kappa shape index (κ2) is 5.85. The van der Waals surface area contributed by atoms with Crippen molar-refractivity contribution in [3.05, 3.63) is 35.9 Å². The average Bonchev–Trinajstić information content (AvgIpc) is 2.41. The van der Waals surface area contributed by atoms with Crippen LogP contribution in [0.15, 0.2) is 30.3 Å². The fourth-order valence-electron chi connectivity index (χ4n) is 2.78. The molecule has 1 aliphatic heterocycles. The molecule has 18 heavy (non-hydrogen) atoms. The van der Waals surface area contributed by atoms with E-state index in [1.807, 2.05) is 0 Å². The lowest BCUT2D eigenvalue weighted by molar-refractivity contribution is 0.0933. The second-order valence-corrected chi connectivity index (χ2v) is 5.75. The van der Waals surface area contributed by atoms with Gasteiger partial charge in [-0.2, -0.15) is 0 Å². The van der Waals surface area contributed by atoms with Gasteiger partial charge >= 0.3 is 0 Å². The van der Waals surface area contributed by atoms with E-state index in [1.54, 1.807) is 0 Å². The Morgan fingerprint density at radius 1 is 1.33 bits per heavy atom. The topological polar surface area (TPSA) is 15.3 Å². The summed E-state index contributed by atoms with van der Waals surface area (Å²) in [6.45, 7) is 10.3. The molecule has 1 heterocycles. The summed E-state index contributed by atoms with van der Waals surface area (Å²) >= 11 is 0. The zero-order valence-electron chi connectivity index (χ0n) is 11.9. The molecule has 1 aliphatic rings. The minimum Gasteiger partial charge on any atom is -0.305 e. The largest absolute Gasteiger partial charge is 0.305 e.